The number of aromatic carboxylic acids is 1. The van der Waals surface area contributed by atoms with Crippen LogP contribution in [0.4, 0.5) is 4.39 Å². The molecule has 0 bridgehead atoms. The van der Waals surface area contributed by atoms with Crippen molar-refractivity contribution in [3.05, 3.63) is 63.5 Å². The highest BCUT2D eigenvalue weighted by molar-refractivity contribution is 9.10. The molecule has 1 heterocycles. The second-order valence-electron chi connectivity index (χ2n) is 5.45. The highest BCUT2D eigenvalue weighted by Crippen LogP contribution is 2.35. The van der Waals surface area contributed by atoms with Gasteiger partial charge in [-0.25, -0.2) is 14.2 Å². The Kier molecular flexibility index (Phi) is 4.90. The minimum absolute atomic E-state index is 0.0166. The van der Waals surface area contributed by atoms with Crippen molar-refractivity contribution in [1.82, 2.24) is 4.98 Å². The van der Waals surface area contributed by atoms with Crippen LogP contribution in [-0.2, 0) is 0 Å². The lowest BCUT2D eigenvalue weighted by Gasteiger charge is -2.07. The van der Waals surface area contributed by atoms with Crippen molar-refractivity contribution in [2.24, 2.45) is 0 Å². The van der Waals surface area contributed by atoms with E-state index in [0.29, 0.717) is 26.9 Å². The van der Waals surface area contributed by atoms with Gasteiger partial charge in [0.1, 0.15) is 5.82 Å². The molecule has 7 heteroatoms. The van der Waals surface area contributed by atoms with E-state index in [-0.39, 0.29) is 16.8 Å². The Balaban J connectivity index is 2.07. The van der Waals surface area contributed by atoms with Gasteiger partial charge < -0.3 is 14.9 Å². The molecule has 0 unspecified atom stereocenters. The summed E-state index contributed by atoms with van der Waals surface area (Å²) in [4.78, 5) is 15.8. The fraction of sp³-hybridized carbons (Fsp3) is 0.0526. The first-order chi connectivity index (χ1) is 12.4. The number of carboxylic acids is 1. The Morgan fingerprint density at radius 1 is 1.23 bits per heavy atom. The maximum Gasteiger partial charge on any atom is 0.336 e. The van der Waals surface area contributed by atoms with Gasteiger partial charge in [-0.3, -0.25) is 0 Å². The number of aromatic nitrogens is 1. The summed E-state index contributed by atoms with van der Waals surface area (Å²) in [7, 11) is 1.44. The standard InChI is InChI=1S/C19H13BrFNO4/c1-26-17-7-10(6-15(20)18(17)23)2-4-12-9-14(19(24)25)13-5-3-11(21)8-16(13)22-12/h2-9,23H,1H3,(H,24,25)/b4-2+. The molecule has 3 aromatic rings. The van der Waals surface area contributed by atoms with Gasteiger partial charge in [-0.2, -0.15) is 0 Å². The molecule has 132 valence electrons. The van der Waals surface area contributed by atoms with E-state index in [1.165, 1.54) is 31.4 Å². The van der Waals surface area contributed by atoms with Crippen LogP contribution in [0, 0.1) is 5.82 Å². The molecule has 0 saturated heterocycles. The second-order valence-corrected chi connectivity index (χ2v) is 6.30. The van der Waals surface area contributed by atoms with Gasteiger partial charge in [0.15, 0.2) is 11.5 Å². The molecule has 0 amide bonds. The van der Waals surface area contributed by atoms with Crippen LogP contribution >= 0.6 is 15.9 Å². The van der Waals surface area contributed by atoms with Crippen LogP contribution < -0.4 is 4.74 Å². The summed E-state index contributed by atoms with van der Waals surface area (Å²) in [6, 6.07) is 8.51. The molecular formula is C19H13BrFNO4. The molecular weight excluding hydrogens is 405 g/mol. The normalized spacial score (nSPS) is 11.2. The SMILES string of the molecule is COc1cc(/C=C/c2cc(C(=O)O)c3ccc(F)cc3n2)cc(Br)c1O. The number of phenolic OH excluding ortho intramolecular Hbond substituents is 1. The molecule has 0 radical (unpaired) electrons. The van der Waals surface area contributed by atoms with Gasteiger partial charge in [-0.15, -0.1) is 0 Å². The average molecular weight is 418 g/mol. The molecule has 0 aliphatic rings. The van der Waals surface area contributed by atoms with Crippen molar-refractivity contribution < 1.29 is 24.1 Å². The molecule has 0 aliphatic carbocycles. The maximum absolute atomic E-state index is 13.5. The zero-order valence-corrected chi connectivity index (χ0v) is 15.1. The number of nitrogens with zero attached hydrogens (tertiary/aromatic N) is 1. The minimum Gasteiger partial charge on any atom is -0.503 e. The molecule has 0 saturated carbocycles. The quantitative estimate of drug-likeness (QED) is 0.641. The Bertz CT molecular complexity index is 1050. The van der Waals surface area contributed by atoms with Crippen molar-refractivity contribution in [2.45, 2.75) is 0 Å². The molecule has 0 fully saturated rings. The predicted octanol–water partition coefficient (Wildman–Crippen LogP) is 4.72. The third-order valence-corrected chi connectivity index (χ3v) is 4.34. The average Bonchev–Trinajstić information content (AvgIpc) is 2.61. The zero-order chi connectivity index (χ0) is 18.8. The number of aromatic hydroxyl groups is 1. The van der Waals surface area contributed by atoms with Crippen LogP contribution in [-0.4, -0.2) is 28.3 Å². The maximum atomic E-state index is 13.5. The summed E-state index contributed by atoms with van der Waals surface area (Å²) in [5.74, 6) is -1.33. The zero-order valence-electron chi connectivity index (χ0n) is 13.5. The van der Waals surface area contributed by atoms with E-state index in [2.05, 4.69) is 20.9 Å². The van der Waals surface area contributed by atoms with Gasteiger partial charge in [-0.1, -0.05) is 6.08 Å². The van der Waals surface area contributed by atoms with Crippen molar-refractivity contribution in [1.29, 1.82) is 0 Å². The van der Waals surface area contributed by atoms with Crippen molar-refractivity contribution in [3.8, 4) is 11.5 Å². The number of hydrogen-bond donors (Lipinski definition) is 2. The van der Waals surface area contributed by atoms with Crippen LogP contribution in [0.25, 0.3) is 23.1 Å². The van der Waals surface area contributed by atoms with Crippen LogP contribution in [0.2, 0.25) is 0 Å². The molecule has 0 aliphatic heterocycles. The third kappa shape index (κ3) is 3.52. The topological polar surface area (TPSA) is 79.7 Å². The van der Waals surface area contributed by atoms with E-state index < -0.39 is 11.8 Å². The largest absolute Gasteiger partial charge is 0.503 e. The second kappa shape index (κ2) is 7.13. The minimum atomic E-state index is -1.12. The van der Waals surface area contributed by atoms with Crippen LogP contribution in [0.1, 0.15) is 21.6 Å². The van der Waals surface area contributed by atoms with Crippen LogP contribution in [0.15, 0.2) is 40.9 Å². The number of carbonyl (C=O) groups is 1. The molecule has 3 rings (SSSR count). The monoisotopic (exact) mass is 417 g/mol. The van der Waals surface area contributed by atoms with Crippen molar-refractivity contribution >= 4 is 45.0 Å². The Hall–Kier alpha value is -2.93. The molecule has 0 spiro atoms. The molecule has 2 N–H and O–H groups in total. The fourth-order valence-corrected chi connectivity index (χ4v) is 2.97. The summed E-state index contributed by atoms with van der Waals surface area (Å²) < 4.78 is 19.0. The Labute approximate surface area is 156 Å². The van der Waals surface area contributed by atoms with Gasteiger partial charge in [0.25, 0.3) is 0 Å². The van der Waals surface area contributed by atoms with E-state index in [0.717, 1.165) is 0 Å². The summed E-state index contributed by atoms with van der Waals surface area (Å²) in [6.45, 7) is 0. The molecule has 26 heavy (non-hydrogen) atoms. The van der Waals surface area contributed by atoms with Crippen LogP contribution in [0.5, 0.6) is 11.5 Å². The van der Waals surface area contributed by atoms with Gasteiger partial charge in [0.05, 0.1) is 28.4 Å². The lowest BCUT2D eigenvalue weighted by atomic mass is 10.1. The summed E-state index contributed by atoms with van der Waals surface area (Å²) in [6.07, 6.45) is 3.29. The lowest BCUT2D eigenvalue weighted by molar-refractivity contribution is 0.0699. The summed E-state index contributed by atoms with van der Waals surface area (Å²) >= 11 is 3.24. The number of carboxylic acid groups (broad SMARTS) is 1. The number of fused-ring (bicyclic) bond motifs is 1. The molecule has 0 atom stereocenters. The third-order valence-electron chi connectivity index (χ3n) is 3.74. The van der Waals surface area contributed by atoms with E-state index in [4.69, 9.17) is 4.74 Å². The van der Waals surface area contributed by atoms with E-state index in [9.17, 15) is 19.4 Å². The van der Waals surface area contributed by atoms with Gasteiger partial charge in [0.2, 0.25) is 0 Å². The van der Waals surface area contributed by atoms with Crippen molar-refractivity contribution in [2.75, 3.05) is 7.11 Å². The van der Waals surface area contributed by atoms with Gasteiger partial charge in [0, 0.05) is 11.5 Å². The lowest BCUT2D eigenvalue weighted by Crippen LogP contribution is -2.00. The first-order valence-corrected chi connectivity index (χ1v) is 8.26. The number of phenols is 1. The smallest absolute Gasteiger partial charge is 0.336 e. The molecule has 1 aromatic heterocycles. The highest BCUT2D eigenvalue weighted by Gasteiger charge is 2.12. The van der Waals surface area contributed by atoms with Crippen LogP contribution in [0.3, 0.4) is 0 Å². The molecule has 2 aromatic carbocycles. The number of hydrogen-bond acceptors (Lipinski definition) is 4. The number of benzene rings is 2. The molecule has 5 nitrogen and oxygen atoms in total. The van der Waals surface area contributed by atoms with E-state index >= 15 is 0 Å². The van der Waals surface area contributed by atoms with E-state index in [1.807, 2.05) is 0 Å². The number of methoxy groups -OCH3 is 1. The van der Waals surface area contributed by atoms with Crippen molar-refractivity contribution in [3.63, 3.8) is 0 Å². The Morgan fingerprint density at radius 3 is 2.69 bits per heavy atom. The summed E-state index contributed by atoms with van der Waals surface area (Å²) in [5, 5.41) is 19.6. The Morgan fingerprint density at radius 2 is 2.00 bits per heavy atom. The van der Waals surface area contributed by atoms with Gasteiger partial charge >= 0.3 is 5.97 Å². The van der Waals surface area contributed by atoms with Gasteiger partial charge in [-0.05, 0) is 57.9 Å². The fourth-order valence-electron chi connectivity index (χ4n) is 2.51. The number of rotatable bonds is 4. The number of pyridine rings is 1. The predicted molar refractivity (Wildman–Crippen MR) is 99.9 cm³/mol. The number of halogens is 2. The first-order valence-electron chi connectivity index (χ1n) is 7.47. The van der Waals surface area contributed by atoms with E-state index in [1.54, 1.807) is 24.3 Å². The first kappa shape index (κ1) is 17.9. The highest BCUT2D eigenvalue weighted by atomic mass is 79.9. The number of ether oxygens (including phenoxy) is 1. The summed E-state index contributed by atoms with van der Waals surface area (Å²) in [5.41, 5.74) is 1.36.